The molecule has 1 saturated heterocycles. The van der Waals surface area contributed by atoms with Crippen LogP contribution in [0.2, 0.25) is 0 Å². The minimum atomic E-state index is 0.871. The Hall–Kier alpha value is -0.0151. The molecule has 2 atom stereocenters. The van der Waals surface area contributed by atoms with Crippen LogP contribution in [-0.4, -0.2) is 39.6 Å². The Morgan fingerprint density at radius 2 is 2.00 bits per heavy atom. The summed E-state index contributed by atoms with van der Waals surface area (Å²) in [6.45, 7) is 3.15. The SMILES string of the molecule is [B]N1CCC(CC2CC2COC)CC1. The van der Waals surface area contributed by atoms with Crippen LogP contribution in [0.1, 0.15) is 25.7 Å². The summed E-state index contributed by atoms with van der Waals surface area (Å²) in [6, 6.07) is 0. The molecule has 0 bridgehead atoms. The fourth-order valence-electron chi connectivity index (χ4n) is 2.63. The molecule has 0 aromatic heterocycles. The Balaban J connectivity index is 1.62. The molecule has 14 heavy (non-hydrogen) atoms. The van der Waals surface area contributed by atoms with E-state index in [1.807, 2.05) is 11.9 Å². The second-order valence-corrected chi connectivity index (χ2v) is 4.93. The number of hydrogen-bond acceptors (Lipinski definition) is 2. The molecule has 78 valence electrons. The highest BCUT2D eigenvalue weighted by atomic mass is 16.5. The number of rotatable bonds is 4. The summed E-state index contributed by atoms with van der Waals surface area (Å²) in [6.07, 6.45) is 5.41. The van der Waals surface area contributed by atoms with Crippen LogP contribution < -0.4 is 0 Å². The third kappa shape index (κ3) is 2.74. The lowest BCUT2D eigenvalue weighted by Gasteiger charge is -2.29. The van der Waals surface area contributed by atoms with Crippen LogP contribution >= 0.6 is 0 Å². The summed E-state index contributed by atoms with van der Waals surface area (Å²) in [5, 5.41) is 0. The Morgan fingerprint density at radius 3 is 2.64 bits per heavy atom. The van der Waals surface area contributed by atoms with Gasteiger partial charge in [0.1, 0.15) is 0 Å². The second kappa shape index (κ2) is 4.67. The summed E-state index contributed by atoms with van der Waals surface area (Å²) < 4.78 is 5.17. The van der Waals surface area contributed by atoms with Gasteiger partial charge in [-0.2, -0.15) is 0 Å². The molecule has 2 unspecified atom stereocenters. The van der Waals surface area contributed by atoms with E-state index in [9.17, 15) is 0 Å². The van der Waals surface area contributed by atoms with E-state index in [4.69, 9.17) is 12.7 Å². The number of ether oxygens (including phenoxy) is 1. The van der Waals surface area contributed by atoms with Crippen molar-refractivity contribution < 1.29 is 4.74 Å². The van der Waals surface area contributed by atoms with E-state index in [0.717, 1.165) is 37.5 Å². The average Bonchev–Trinajstić information content (AvgIpc) is 2.89. The highest BCUT2D eigenvalue weighted by molar-refractivity contribution is 6.04. The van der Waals surface area contributed by atoms with Gasteiger partial charge in [0.05, 0.1) is 0 Å². The van der Waals surface area contributed by atoms with Gasteiger partial charge in [-0.15, -0.1) is 0 Å². The number of nitrogens with zero attached hydrogens (tertiary/aromatic N) is 1. The van der Waals surface area contributed by atoms with Crippen LogP contribution in [0.25, 0.3) is 0 Å². The monoisotopic (exact) mass is 193 g/mol. The zero-order valence-corrected chi connectivity index (χ0v) is 9.11. The first-order valence-corrected chi connectivity index (χ1v) is 5.78. The first kappa shape index (κ1) is 10.5. The maximum atomic E-state index is 5.73. The molecule has 1 heterocycles. The summed E-state index contributed by atoms with van der Waals surface area (Å²) in [5.74, 6) is 2.77. The smallest absolute Gasteiger partial charge is 0.182 e. The van der Waals surface area contributed by atoms with Gasteiger partial charge in [0.25, 0.3) is 0 Å². The van der Waals surface area contributed by atoms with Gasteiger partial charge >= 0.3 is 0 Å². The van der Waals surface area contributed by atoms with Crippen molar-refractivity contribution in [1.82, 2.24) is 4.81 Å². The summed E-state index contributed by atoms with van der Waals surface area (Å²) in [7, 11) is 7.54. The van der Waals surface area contributed by atoms with Crippen LogP contribution in [0.3, 0.4) is 0 Å². The van der Waals surface area contributed by atoms with E-state index in [-0.39, 0.29) is 0 Å². The van der Waals surface area contributed by atoms with Gasteiger partial charge in [0, 0.05) is 13.7 Å². The average molecular weight is 193 g/mol. The van der Waals surface area contributed by atoms with Crippen LogP contribution in [0, 0.1) is 17.8 Å². The molecule has 2 nitrogen and oxygen atoms in total. The van der Waals surface area contributed by atoms with Crippen molar-refractivity contribution in [3.8, 4) is 0 Å². The molecule has 0 aromatic carbocycles. The number of hydrogen-bond donors (Lipinski definition) is 0. The minimum Gasteiger partial charge on any atom is -0.384 e. The summed E-state index contributed by atoms with van der Waals surface area (Å²) in [5.41, 5.74) is 0. The molecule has 3 heteroatoms. The third-order valence-electron chi connectivity index (χ3n) is 3.73. The molecule has 1 aliphatic carbocycles. The van der Waals surface area contributed by atoms with Crippen LogP contribution in [-0.2, 0) is 4.74 Å². The molecule has 2 fully saturated rings. The first-order valence-electron chi connectivity index (χ1n) is 5.78. The maximum absolute atomic E-state index is 5.73. The lowest BCUT2D eigenvalue weighted by Crippen LogP contribution is -2.31. The Morgan fingerprint density at radius 1 is 1.29 bits per heavy atom. The van der Waals surface area contributed by atoms with E-state index in [1.54, 1.807) is 0 Å². The number of piperidine rings is 1. The molecule has 1 saturated carbocycles. The van der Waals surface area contributed by atoms with E-state index in [2.05, 4.69) is 0 Å². The van der Waals surface area contributed by atoms with Crippen LogP contribution in [0.4, 0.5) is 0 Å². The zero-order chi connectivity index (χ0) is 9.97. The molecule has 0 spiro atoms. The van der Waals surface area contributed by atoms with Crippen LogP contribution in [0.15, 0.2) is 0 Å². The predicted molar refractivity (Wildman–Crippen MR) is 58.1 cm³/mol. The second-order valence-electron chi connectivity index (χ2n) is 4.93. The Labute approximate surface area is 88.4 Å². The minimum absolute atomic E-state index is 0.871. The van der Waals surface area contributed by atoms with Crippen molar-refractivity contribution in [3.63, 3.8) is 0 Å². The molecule has 0 aromatic rings. The molecular formula is C11H20BNO. The fourth-order valence-corrected chi connectivity index (χ4v) is 2.63. The Bertz CT molecular complexity index is 180. The molecule has 1 aliphatic heterocycles. The van der Waals surface area contributed by atoms with Gasteiger partial charge in [0.2, 0.25) is 0 Å². The first-order chi connectivity index (χ1) is 6.79. The van der Waals surface area contributed by atoms with Gasteiger partial charge in [-0.25, -0.2) is 0 Å². The normalized spacial score (nSPS) is 34.6. The van der Waals surface area contributed by atoms with E-state index < -0.39 is 0 Å². The largest absolute Gasteiger partial charge is 0.384 e. The lowest BCUT2D eigenvalue weighted by molar-refractivity contribution is 0.176. The van der Waals surface area contributed by atoms with Crippen molar-refractivity contribution in [2.45, 2.75) is 25.7 Å². The van der Waals surface area contributed by atoms with Crippen molar-refractivity contribution in [1.29, 1.82) is 0 Å². The third-order valence-corrected chi connectivity index (χ3v) is 3.73. The zero-order valence-electron chi connectivity index (χ0n) is 9.11. The number of methoxy groups -OCH3 is 1. The van der Waals surface area contributed by atoms with E-state index in [1.165, 1.54) is 25.7 Å². The quantitative estimate of drug-likeness (QED) is 0.626. The van der Waals surface area contributed by atoms with Crippen LogP contribution in [0.5, 0.6) is 0 Å². The molecular weight excluding hydrogens is 173 g/mol. The van der Waals surface area contributed by atoms with E-state index >= 15 is 0 Å². The highest BCUT2D eigenvalue weighted by Gasteiger charge is 2.38. The van der Waals surface area contributed by atoms with Crippen molar-refractivity contribution in [3.05, 3.63) is 0 Å². The van der Waals surface area contributed by atoms with Gasteiger partial charge in [-0.1, -0.05) is 0 Å². The van der Waals surface area contributed by atoms with E-state index in [0.29, 0.717) is 0 Å². The lowest BCUT2D eigenvalue weighted by atomic mass is 9.90. The molecule has 0 N–H and O–H groups in total. The molecule has 0 amide bonds. The molecule has 2 aliphatic rings. The van der Waals surface area contributed by atoms with Crippen molar-refractivity contribution in [2.75, 3.05) is 26.8 Å². The maximum Gasteiger partial charge on any atom is 0.182 e. The summed E-state index contributed by atoms with van der Waals surface area (Å²) >= 11 is 0. The molecule has 2 radical (unpaired) electrons. The highest BCUT2D eigenvalue weighted by Crippen LogP contribution is 2.44. The van der Waals surface area contributed by atoms with Gasteiger partial charge in [0.15, 0.2) is 7.98 Å². The Kier molecular flexibility index (Phi) is 3.50. The molecule has 2 rings (SSSR count). The fraction of sp³-hybridized carbons (Fsp3) is 1.00. The standard InChI is InChI=1S/C11H20BNO/c1-14-8-11-7-10(11)6-9-2-4-13(12)5-3-9/h9-11H,2-8H2,1H3. The van der Waals surface area contributed by atoms with Crippen molar-refractivity contribution in [2.24, 2.45) is 17.8 Å². The topological polar surface area (TPSA) is 12.5 Å². The summed E-state index contributed by atoms with van der Waals surface area (Å²) in [4.78, 5) is 1.95. The van der Waals surface area contributed by atoms with Gasteiger partial charge in [-0.05, 0) is 56.5 Å². The van der Waals surface area contributed by atoms with Gasteiger partial charge < -0.3 is 9.55 Å². The van der Waals surface area contributed by atoms with Crippen molar-refractivity contribution >= 4 is 7.98 Å². The van der Waals surface area contributed by atoms with Gasteiger partial charge in [-0.3, -0.25) is 0 Å². The predicted octanol–water partition coefficient (Wildman–Crippen LogP) is 1.45.